The fourth-order valence-electron chi connectivity index (χ4n) is 1.72. The number of para-hydroxylation sites is 1. The Labute approximate surface area is 117 Å². The molecule has 0 radical (unpaired) electrons. The van der Waals surface area contributed by atoms with Gasteiger partial charge in [-0.1, -0.05) is 24.3 Å². The van der Waals surface area contributed by atoms with Gasteiger partial charge in [0.2, 0.25) is 0 Å². The Bertz CT molecular complexity index is 565. The molecule has 0 aliphatic carbocycles. The quantitative estimate of drug-likeness (QED) is 0.875. The monoisotopic (exact) mass is 276 g/mol. The largest absolute Gasteiger partial charge is 0.598 e. The van der Waals surface area contributed by atoms with Crippen LogP contribution in [-0.4, -0.2) is 14.3 Å². The van der Waals surface area contributed by atoms with Gasteiger partial charge in [0.05, 0.1) is 17.3 Å². The van der Waals surface area contributed by atoms with E-state index in [1.165, 1.54) is 0 Å². The highest BCUT2D eigenvalue weighted by Gasteiger charge is 2.28. The Morgan fingerprint density at radius 3 is 2.53 bits per heavy atom. The summed E-state index contributed by atoms with van der Waals surface area (Å²) in [5.41, 5.74) is 1.88. The highest BCUT2D eigenvalue weighted by atomic mass is 32.2. The van der Waals surface area contributed by atoms with Gasteiger partial charge < -0.3 is 4.55 Å². The van der Waals surface area contributed by atoms with Crippen LogP contribution >= 0.6 is 0 Å². The molecule has 0 aliphatic heterocycles. The molecule has 0 bridgehead atoms. The third-order valence-electron chi connectivity index (χ3n) is 2.90. The zero-order chi connectivity index (χ0) is 14.0. The molecule has 1 heterocycles. The van der Waals surface area contributed by atoms with Crippen LogP contribution in [0.15, 0.2) is 36.4 Å². The Hall–Kier alpha value is -1.10. The lowest BCUT2D eigenvalue weighted by atomic mass is 10.1. The first kappa shape index (κ1) is 14.3. The number of nitrogens with zero attached hydrogens (tertiary/aromatic N) is 1. The van der Waals surface area contributed by atoms with E-state index < -0.39 is 11.4 Å². The van der Waals surface area contributed by atoms with E-state index in [2.05, 4.69) is 15.8 Å². The fraction of sp³-hybridized carbons (Fsp3) is 0.400. The molecule has 0 fully saturated rings. The van der Waals surface area contributed by atoms with E-state index in [1.54, 1.807) is 0 Å². The molecule has 2 aromatic rings. The Kier molecular flexibility index (Phi) is 4.13. The summed E-state index contributed by atoms with van der Waals surface area (Å²) in [6.45, 7) is 7.85. The maximum Gasteiger partial charge on any atom is 0.136 e. The maximum atomic E-state index is 12.1. The summed E-state index contributed by atoms with van der Waals surface area (Å²) in [5.74, 6) is 0. The van der Waals surface area contributed by atoms with Gasteiger partial charge in [-0.15, -0.1) is 4.72 Å². The lowest BCUT2D eigenvalue weighted by molar-refractivity contribution is 0.529. The van der Waals surface area contributed by atoms with Crippen molar-refractivity contribution in [2.24, 2.45) is 0 Å². The molecule has 0 spiro atoms. The molecule has 1 N–H and O–H groups in total. The van der Waals surface area contributed by atoms with E-state index in [-0.39, 0.29) is 10.8 Å². The van der Waals surface area contributed by atoms with Crippen LogP contribution in [0.5, 0.6) is 0 Å². The lowest BCUT2D eigenvalue weighted by Gasteiger charge is -2.26. The lowest BCUT2D eigenvalue weighted by Crippen LogP contribution is -2.40. The zero-order valence-electron chi connectivity index (χ0n) is 11.8. The van der Waals surface area contributed by atoms with Crippen LogP contribution < -0.4 is 4.72 Å². The van der Waals surface area contributed by atoms with E-state index >= 15 is 0 Å². The molecular formula is C15H20N2OS. The number of rotatable bonds is 3. The molecule has 3 nitrogen and oxygen atoms in total. The van der Waals surface area contributed by atoms with Crippen molar-refractivity contribution < 1.29 is 4.55 Å². The van der Waals surface area contributed by atoms with Gasteiger partial charge in [-0.2, -0.15) is 0 Å². The summed E-state index contributed by atoms with van der Waals surface area (Å²) in [6, 6.07) is 12.0. The van der Waals surface area contributed by atoms with Crippen molar-refractivity contribution in [3.05, 3.63) is 42.1 Å². The van der Waals surface area contributed by atoms with Crippen LogP contribution in [-0.2, 0) is 11.4 Å². The summed E-state index contributed by atoms with van der Waals surface area (Å²) < 4.78 is 14.9. The molecule has 1 aromatic heterocycles. The fourth-order valence-corrected chi connectivity index (χ4v) is 2.52. The molecule has 2 rings (SSSR count). The SMILES string of the molecule is C[C@H](N[S@+]([O-])C(C)(C)C)c1ccc2ccccc2n1. The first-order chi connectivity index (χ1) is 8.88. The summed E-state index contributed by atoms with van der Waals surface area (Å²) >= 11 is -1.09. The second-order valence-electron chi connectivity index (χ2n) is 5.65. The van der Waals surface area contributed by atoms with Crippen LogP contribution in [0, 0.1) is 0 Å². The van der Waals surface area contributed by atoms with Crippen molar-refractivity contribution in [2.45, 2.75) is 38.5 Å². The molecule has 0 saturated heterocycles. The Morgan fingerprint density at radius 1 is 1.16 bits per heavy atom. The normalized spacial score (nSPS) is 15.4. The van der Waals surface area contributed by atoms with E-state index in [4.69, 9.17) is 0 Å². The average Bonchev–Trinajstić information content (AvgIpc) is 2.37. The third kappa shape index (κ3) is 3.47. The second kappa shape index (κ2) is 5.49. The van der Waals surface area contributed by atoms with Gasteiger partial charge in [0, 0.05) is 16.7 Å². The molecule has 102 valence electrons. The van der Waals surface area contributed by atoms with Crippen molar-refractivity contribution >= 4 is 22.3 Å². The molecule has 4 heteroatoms. The highest BCUT2D eigenvalue weighted by Crippen LogP contribution is 2.20. The topological polar surface area (TPSA) is 48.0 Å². The van der Waals surface area contributed by atoms with E-state index in [1.807, 2.05) is 58.0 Å². The predicted molar refractivity (Wildman–Crippen MR) is 81.2 cm³/mol. The number of hydrogen-bond donors (Lipinski definition) is 1. The molecule has 2 atom stereocenters. The van der Waals surface area contributed by atoms with Crippen molar-refractivity contribution in [3.8, 4) is 0 Å². The number of aromatic nitrogens is 1. The van der Waals surface area contributed by atoms with Gasteiger partial charge >= 0.3 is 0 Å². The van der Waals surface area contributed by atoms with E-state index in [9.17, 15) is 4.55 Å². The van der Waals surface area contributed by atoms with Gasteiger partial charge in [-0.05, 0) is 39.8 Å². The minimum Gasteiger partial charge on any atom is -0.598 e. The Balaban J connectivity index is 2.19. The number of benzene rings is 1. The second-order valence-corrected chi connectivity index (χ2v) is 7.65. The van der Waals surface area contributed by atoms with E-state index in [0.29, 0.717) is 0 Å². The number of hydrogen-bond acceptors (Lipinski definition) is 3. The summed E-state index contributed by atoms with van der Waals surface area (Å²) in [7, 11) is 0. The van der Waals surface area contributed by atoms with Crippen molar-refractivity contribution in [1.82, 2.24) is 9.71 Å². The standard InChI is InChI=1S/C15H20N2OS/c1-11(17-19(18)15(2,3)4)13-10-9-12-7-5-6-8-14(12)16-13/h5-11,17H,1-4H3/t11-,19+/m0/s1. The van der Waals surface area contributed by atoms with Crippen LogP contribution in [0.4, 0.5) is 0 Å². The summed E-state index contributed by atoms with van der Waals surface area (Å²) in [5, 5.41) is 1.12. The summed E-state index contributed by atoms with van der Waals surface area (Å²) in [4.78, 5) is 4.61. The van der Waals surface area contributed by atoms with Gasteiger partial charge in [-0.3, -0.25) is 4.98 Å². The predicted octanol–water partition coefficient (Wildman–Crippen LogP) is 3.35. The molecule has 0 unspecified atom stereocenters. The molecular weight excluding hydrogens is 256 g/mol. The van der Waals surface area contributed by atoms with Gasteiger partial charge in [-0.25, -0.2) is 0 Å². The number of nitrogens with one attached hydrogen (secondary N) is 1. The first-order valence-electron chi connectivity index (χ1n) is 6.41. The minimum atomic E-state index is -1.09. The van der Waals surface area contributed by atoms with Gasteiger partial charge in [0.15, 0.2) is 0 Å². The zero-order valence-corrected chi connectivity index (χ0v) is 12.6. The van der Waals surface area contributed by atoms with Crippen LogP contribution in [0.3, 0.4) is 0 Å². The smallest absolute Gasteiger partial charge is 0.136 e. The van der Waals surface area contributed by atoms with Crippen molar-refractivity contribution in [2.75, 3.05) is 0 Å². The number of fused-ring (bicyclic) bond motifs is 1. The Morgan fingerprint density at radius 2 is 1.84 bits per heavy atom. The van der Waals surface area contributed by atoms with E-state index in [0.717, 1.165) is 16.6 Å². The maximum absolute atomic E-state index is 12.1. The van der Waals surface area contributed by atoms with Crippen LogP contribution in [0.1, 0.15) is 39.4 Å². The minimum absolute atomic E-state index is 0.0373. The average molecular weight is 276 g/mol. The van der Waals surface area contributed by atoms with Crippen LogP contribution in [0.2, 0.25) is 0 Å². The third-order valence-corrected chi connectivity index (χ3v) is 4.58. The van der Waals surface area contributed by atoms with Gasteiger partial charge in [0.25, 0.3) is 0 Å². The molecule has 0 aliphatic rings. The molecule has 0 amide bonds. The van der Waals surface area contributed by atoms with Crippen molar-refractivity contribution in [3.63, 3.8) is 0 Å². The summed E-state index contributed by atoms with van der Waals surface area (Å²) in [6.07, 6.45) is 0. The van der Waals surface area contributed by atoms with Crippen LogP contribution in [0.25, 0.3) is 10.9 Å². The van der Waals surface area contributed by atoms with Gasteiger partial charge in [0.1, 0.15) is 4.75 Å². The molecule has 0 saturated carbocycles. The molecule has 1 aromatic carbocycles. The highest BCUT2D eigenvalue weighted by molar-refractivity contribution is 7.90. The number of pyridine rings is 1. The first-order valence-corrected chi connectivity index (χ1v) is 7.56. The van der Waals surface area contributed by atoms with Crippen molar-refractivity contribution in [1.29, 1.82) is 0 Å². The molecule has 19 heavy (non-hydrogen) atoms.